The number of unbranched alkanes of at least 4 members (excludes halogenated alkanes) is 1. The molecule has 0 heterocycles. The van der Waals surface area contributed by atoms with E-state index in [0.717, 1.165) is 10.6 Å². The van der Waals surface area contributed by atoms with Gasteiger partial charge in [0.25, 0.3) is 11.8 Å². The lowest BCUT2D eigenvalue weighted by molar-refractivity contribution is -0.388. The fourth-order valence-electron chi connectivity index (χ4n) is 1.91. The zero-order valence-electron chi connectivity index (χ0n) is 16.4. The SMILES string of the molecule is O=C(NCCCCNC(=O)C(F)(F)C(F)(F)C(F)(F)C(F)(F)F)C(F)(F)C(F)(F)C(F)(F)C(F)(F)F. The van der Waals surface area contributed by atoms with Crippen LogP contribution in [-0.4, -0.2) is 72.8 Å². The molecule has 0 spiro atoms. The van der Waals surface area contributed by atoms with Gasteiger partial charge in [-0.25, -0.2) is 0 Å². The van der Waals surface area contributed by atoms with Crippen LogP contribution in [0, 0.1) is 0 Å². The van der Waals surface area contributed by atoms with E-state index in [0.29, 0.717) is 0 Å². The summed E-state index contributed by atoms with van der Waals surface area (Å²) in [6.45, 7) is -2.65. The Labute approximate surface area is 186 Å². The summed E-state index contributed by atoms with van der Waals surface area (Å²) in [6.07, 6.45) is -16.3. The van der Waals surface area contributed by atoms with Crippen LogP contribution < -0.4 is 10.6 Å². The first-order valence-electron chi connectivity index (χ1n) is 8.52. The molecule has 0 aromatic carbocycles. The van der Waals surface area contributed by atoms with Gasteiger partial charge in [-0.15, -0.1) is 0 Å². The summed E-state index contributed by atoms with van der Waals surface area (Å²) in [5.74, 6) is -49.5. The third-order valence-corrected chi connectivity index (χ3v) is 4.03. The van der Waals surface area contributed by atoms with Crippen molar-refractivity contribution in [3.8, 4) is 0 Å². The summed E-state index contributed by atoms with van der Waals surface area (Å²) < 4.78 is 227. The van der Waals surface area contributed by atoms with Crippen LogP contribution >= 0.6 is 0 Å². The molecule has 22 heteroatoms. The molecule has 0 aliphatic rings. The van der Waals surface area contributed by atoms with Crippen LogP contribution in [0.2, 0.25) is 0 Å². The van der Waals surface area contributed by atoms with Gasteiger partial charge in [0.1, 0.15) is 0 Å². The molecule has 36 heavy (non-hydrogen) atoms. The summed E-state index contributed by atoms with van der Waals surface area (Å²) in [5.41, 5.74) is 0. The van der Waals surface area contributed by atoms with Crippen molar-refractivity contribution in [1.29, 1.82) is 0 Å². The van der Waals surface area contributed by atoms with E-state index in [2.05, 4.69) is 0 Å². The second-order valence-corrected chi connectivity index (χ2v) is 6.66. The zero-order chi connectivity index (χ0) is 29.4. The van der Waals surface area contributed by atoms with E-state index >= 15 is 0 Å². The number of rotatable bonds is 11. The Morgan fingerprint density at radius 2 is 0.639 bits per heavy atom. The first-order valence-corrected chi connectivity index (χ1v) is 8.52. The predicted molar refractivity (Wildman–Crippen MR) is 77.0 cm³/mol. The van der Waals surface area contributed by atoms with Gasteiger partial charge in [0, 0.05) is 13.1 Å². The summed E-state index contributed by atoms with van der Waals surface area (Å²) >= 11 is 0. The van der Waals surface area contributed by atoms with Gasteiger partial charge in [-0.2, -0.15) is 79.0 Å². The molecule has 0 aliphatic carbocycles. The van der Waals surface area contributed by atoms with E-state index in [-0.39, 0.29) is 0 Å². The van der Waals surface area contributed by atoms with Crippen molar-refractivity contribution in [3.63, 3.8) is 0 Å². The van der Waals surface area contributed by atoms with Crippen molar-refractivity contribution in [3.05, 3.63) is 0 Å². The molecule has 2 amide bonds. The van der Waals surface area contributed by atoms with Gasteiger partial charge in [0.05, 0.1) is 0 Å². The molecule has 0 radical (unpaired) electrons. The van der Waals surface area contributed by atoms with Crippen molar-refractivity contribution < 1.29 is 88.6 Å². The largest absolute Gasteiger partial charge is 0.460 e. The molecule has 0 saturated carbocycles. The minimum Gasteiger partial charge on any atom is -0.351 e. The standard InChI is InChI=1S/C14H10F18N2O2/c15-7(16,9(19,20)11(23,24)13(27,28)29)5(35)33-3-1-2-4-34-6(36)8(17,18)10(21,22)12(25,26)14(30,31)32/h1-4H2,(H,33,35)(H,34,36). The fourth-order valence-corrected chi connectivity index (χ4v) is 1.91. The van der Waals surface area contributed by atoms with Crippen LogP contribution in [-0.2, 0) is 9.59 Å². The van der Waals surface area contributed by atoms with Gasteiger partial charge >= 0.3 is 47.9 Å². The number of amides is 2. The molecule has 4 nitrogen and oxygen atoms in total. The Morgan fingerprint density at radius 1 is 0.417 bits per heavy atom. The molecule has 0 fully saturated rings. The summed E-state index contributed by atoms with van der Waals surface area (Å²) in [7, 11) is 0. The highest BCUT2D eigenvalue weighted by Gasteiger charge is 2.84. The molecule has 0 bridgehead atoms. The van der Waals surface area contributed by atoms with Crippen molar-refractivity contribution in [1.82, 2.24) is 10.6 Å². The van der Waals surface area contributed by atoms with Crippen molar-refractivity contribution >= 4 is 11.8 Å². The molecule has 0 atom stereocenters. The lowest BCUT2D eigenvalue weighted by Crippen LogP contribution is -2.65. The summed E-state index contributed by atoms with van der Waals surface area (Å²) in [5, 5.41) is 1.51. The van der Waals surface area contributed by atoms with Crippen molar-refractivity contribution in [2.45, 2.75) is 60.7 Å². The molecule has 0 rings (SSSR count). The van der Waals surface area contributed by atoms with E-state index in [9.17, 15) is 88.6 Å². The smallest absolute Gasteiger partial charge is 0.351 e. The molecule has 0 unspecified atom stereocenters. The molecular formula is C14H10F18N2O2. The maximum Gasteiger partial charge on any atom is 0.460 e. The number of alkyl halides is 18. The van der Waals surface area contributed by atoms with Crippen LogP contribution in [0.1, 0.15) is 12.8 Å². The quantitative estimate of drug-likeness (QED) is 0.269. The minimum atomic E-state index is -7.39. The first-order chi connectivity index (χ1) is 15.5. The van der Waals surface area contributed by atoms with Gasteiger partial charge < -0.3 is 10.6 Å². The Bertz CT molecular complexity index is 735. The Balaban J connectivity index is 5.00. The lowest BCUT2D eigenvalue weighted by atomic mass is 10.0. The second kappa shape index (κ2) is 9.86. The average molecular weight is 580 g/mol. The highest BCUT2D eigenvalue weighted by atomic mass is 19.4. The highest BCUT2D eigenvalue weighted by molar-refractivity contribution is 5.85. The maximum atomic E-state index is 13.2. The van der Waals surface area contributed by atoms with Gasteiger partial charge in [0.2, 0.25) is 0 Å². The molecular weight excluding hydrogens is 570 g/mol. The van der Waals surface area contributed by atoms with Gasteiger partial charge in [-0.3, -0.25) is 9.59 Å². The van der Waals surface area contributed by atoms with E-state index in [1.54, 1.807) is 0 Å². The highest BCUT2D eigenvalue weighted by Crippen LogP contribution is 2.54. The van der Waals surface area contributed by atoms with Crippen LogP contribution in [0.15, 0.2) is 0 Å². The lowest BCUT2D eigenvalue weighted by Gasteiger charge is -2.32. The predicted octanol–water partition coefficient (Wildman–Crippen LogP) is 4.94. The van der Waals surface area contributed by atoms with Crippen LogP contribution in [0.4, 0.5) is 79.0 Å². The van der Waals surface area contributed by atoms with Crippen LogP contribution in [0.25, 0.3) is 0 Å². The number of carbonyl (C=O) groups is 2. The molecule has 0 aliphatic heterocycles. The Morgan fingerprint density at radius 3 is 0.833 bits per heavy atom. The number of hydrogen-bond donors (Lipinski definition) is 2. The van der Waals surface area contributed by atoms with Crippen molar-refractivity contribution in [2.75, 3.05) is 13.1 Å². The molecule has 214 valence electrons. The minimum absolute atomic E-state index is 0.757. The molecule has 0 saturated heterocycles. The summed E-state index contributed by atoms with van der Waals surface area (Å²) in [4.78, 5) is 22.0. The Kier molecular flexibility index (Phi) is 9.22. The number of halogens is 18. The number of carbonyl (C=O) groups excluding carboxylic acids is 2. The second-order valence-electron chi connectivity index (χ2n) is 6.66. The van der Waals surface area contributed by atoms with Crippen molar-refractivity contribution in [2.24, 2.45) is 0 Å². The van der Waals surface area contributed by atoms with Gasteiger partial charge in [-0.1, -0.05) is 0 Å². The van der Waals surface area contributed by atoms with Crippen LogP contribution in [0.5, 0.6) is 0 Å². The zero-order valence-corrected chi connectivity index (χ0v) is 16.4. The summed E-state index contributed by atoms with van der Waals surface area (Å²) in [6, 6.07) is 0. The van der Waals surface area contributed by atoms with E-state index in [1.807, 2.05) is 0 Å². The molecule has 0 aromatic heterocycles. The number of nitrogens with one attached hydrogen (secondary N) is 2. The number of hydrogen-bond acceptors (Lipinski definition) is 2. The maximum absolute atomic E-state index is 13.2. The normalized spacial score (nSPS) is 15.1. The first kappa shape index (κ1) is 33.7. The van der Waals surface area contributed by atoms with E-state index in [1.165, 1.54) is 0 Å². The fraction of sp³-hybridized carbons (Fsp3) is 0.857. The average Bonchev–Trinajstić information content (AvgIpc) is 2.67. The van der Waals surface area contributed by atoms with Gasteiger partial charge in [-0.05, 0) is 12.8 Å². The third-order valence-electron chi connectivity index (χ3n) is 4.03. The monoisotopic (exact) mass is 580 g/mol. The topological polar surface area (TPSA) is 58.2 Å². The third kappa shape index (κ3) is 5.65. The molecule has 2 N–H and O–H groups in total. The van der Waals surface area contributed by atoms with Gasteiger partial charge in [0.15, 0.2) is 0 Å². The molecule has 0 aromatic rings. The Hall–Kier alpha value is -2.32. The van der Waals surface area contributed by atoms with Crippen LogP contribution in [0.3, 0.4) is 0 Å². The van der Waals surface area contributed by atoms with E-state index in [4.69, 9.17) is 0 Å². The van der Waals surface area contributed by atoms with E-state index < -0.39 is 85.6 Å².